The van der Waals surface area contributed by atoms with Crippen molar-refractivity contribution in [2.45, 2.75) is 12.5 Å². The number of halogens is 1. The average Bonchev–Trinajstić information content (AvgIpc) is 2.90. The second-order valence-electron chi connectivity index (χ2n) is 9.33. The number of carbonyl (C=O) groups excluding carboxylic acids is 1. The number of nitrogens with zero attached hydrogens (tertiary/aromatic N) is 3. The number of amides is 1. The lowest BCUT2D eigenvalue weighted by Crippen LogP contribution is -2.50. The van der Waals surface area contributed by atoms with E-state index in [1.54, 1.807) is 7.11 Å². The van der Waals surface area contributed by atoms with Crippen LogP contribution in [0.4, 0.5) is 15.8 Å². The summed E-state index contributed by atoms with van der Waals surface area (Å²) in [4.78, 5) is 19.6. The van der Waals surface area contributed by atoms with Crippen LogP contribution in [0, 0.1) is 5.82 Å². The quantitative estimate of drug-likeness (QED) is 0.489. The van der Waals surface area contributed by atoms with E-state index >= 15 is 0 Å². The van der Waals surface area contributed by atoms with Crippen LogP contribution in [-0.2, 0) is 11.2 Å². The molecule has 1 aliphatic heterocycles. The molecule has 36 heavy (non-hydrogen) atoms. The summed E-state index contributed by atoms with van der Waals surface area (Å²) in [7, 11) is 5.69. The van der Waals surface area contributed by atoms with Crippen LogP contribution < -0.4 is 19.9 Å². The number of anilines is 2. The molecule has 3 aromatic rings. The van der Waals surface area contributed by atoms with Gasteiger partial charge < -0.3 is 19.9 Å². The molecule has 1 saturated heterocycles. The van der Waals surface area contributed by atoms with Crippen molar-refractivity contribution >= 4 is 17.3 Å². The molecule has 0 spiro atoms. The summed E-state index contributed by atoms with van der Waals surface area (Å²) in [6.07, 6.45) is 0.328. The maximum Gasteiger partial charge on any atom is 0.224 e. The molecule has 4 rings (SSSR count). The Kier molecular flexibility index (Phi) is 8.44. The highest BCUT2D eigenvalue weighted by Crippen LogP contribution is 2.26. The maximum atomic E-state index is 13.3. The fourth-order valence-corrected chi connectivity index (χ4v) is 4.60. The predicted octanol–water partition coefficient (Wildman–Crippen LogP) is 4.12. The van der Waals surface area contributed by atoms with Gasteiger partial charge in [-0.1, -0.05) is 24.3 Å². The normalized spacial score (nSPS) is 14.8. The van der Waals surface area contributed by atoms with Crippen LogP contribution in [0.1, 0.15) is 17.2 Å². The third-order valence-corrected chi connectivity index (χ3v) is 6.76. The van der Waals surface area contributed by atoms with Crippen LogP contribution in [0.15, 0.2) is 72.8 Å². The van der Waals surface area contributed by atoms with E-state index in [1.807, 2.05) is 50.5 Å². The van der Waals surface area contributed by atoms with Gasteiger partial charge in [-0.3, -0.25) is 9.69 Å². The molecule has 1 heterocycles. The molecule has 190 valence electrons. The van der Waals surface area contributed by atoms with E-state index in [4.69, 9.17) is 4.74 Å². The van der Waals surface area contributed by atoms with Gasteiger partial charge >= 0.3 is 0 Å². The summed E-state index contributed by atoms with van der Waals surface area (Å²) < 4.78 is 18.5. The summed E-state index contributed by atoms with van der Waals surface area (Å²) in [6.45, 7) is 3.93. The zero-order chi connectivity index (χ0) is 25.5. The zero-order valence-electron chi connectivity index (χ0n) is 21.3. The molecular formula is C29H35FN4O2. The van der Waals surface area contributed by atoms with E-state index in [0.717, 1.165) is 48.9 Å². The monoisotopic (exact) mass is 490 g/mol. The fraction of sp³-hybridized carbons (Fsp3) is 0.345. The van der Waals surface area contributed by atoms with E-state index in [9.17, 15) is 9.18 Å². The van der Waals surface area contributed by atoms with E-state index < -0.39 is 0 Å². The third kappa shape index (κ3) is 6.55. The van der Waals surface area contributed by atoms with Crippen molar-refractivity contribution in [3.63, 3.8) is 0 Å². The van der Waals surface area contributed by atoms with Gasteiger partial charge in [-0.05, 0) is 59.7 Å². The molecule has 1 atom stereocenters. The van der Waals surface area contributed by atoms with Crippen LogP contribution in [0.3, 0.4) is 0 Å². The molecule has 0 aromatic heterocycles. The Labute approximate surface area is 213 Å². The molecule has 1 amide bonds. The molecule has 3 aromatic carbocycles. The topological polar surface area (TPSA) is 48.1 Å². The lowest BCUT2D eigenvalue weighted by atomic mass is 10.0. The lowest BCUT2D eigenvalue weighted by molar-refractivity contribution is -0.120. The summed E-state index contributed by atoms with van der Waals surface area (Å²) in [5, 5.41) is 3.16. The summed E-state index contributed by atoms with van der Waals surface area (Å²) >= 11 is 0. The highest BCUT2D eigenvalue weighted by atomic mass is 19.1. The predicted molar refractivity (Wildman–Crippen MR) is 143 cm³/mol. The number of carbonyl (C=O) groups is 1. The van der Waals surface area contributed by atoms with Crippen molar-refractivity contribution in [1.29, 1.82) is 0 Å². The minimum Gasteiger partial charge on any atom is -0.497 e. The average molecular weight is 491 g/mol. The molecular weight excluding hydrogens is 455 g/mol. The first kappa shape index (κ1) is 25.5. The van der Waals surface area contributed by atoms with Gasteiger partial charge in [0, 0.05) is 58.2 Å². The van der Waals surface area contributed by atoms with Crippen LogP contribution >= 0.6 is 0 Å². The van der Waals surface area contributed by atoms with Gasteiger partial charge in [-0.2, -0.15) is 0 Å². The van der Waals surface area contributed by atoms with E-state index in [1.165, 1.54) is 17.7 Å². The Morgan fingerprint density at radius 2 is 1.58 bits per heavy atom. The number of benzene rings is 3. The van der Waals surface area contributed by atoms with Crippen molar-refractivity contribution in [2.75, 3.05) is 63.7 Å². The van der Waals surface area contributed by atoms with Crippen molar-refractivity contribution in [2.24, 2.45) is 0 Å². The number of piperazine rings is 1. The molecule has 1 fully saturated rings. The van der Waals surface area contributed by atoms with Gasteiger partial charge in [0.25, 0.3) is 0 Å². The van der Waals surface area contributed by atoms with Gasteiger partial charge in [0.05, 0.1) is 19.6 Å². The second kappa shape index (κ2) is 11.9. The first-order chi connectivity index (χ1) is 17.4. The standard InChI is InChI=1S/C29H35FN4O2/c1-32(2)25-10-6-23(7-11-25)28(21-31-29(35)20-22-4-14-27(36-3)15-5-22)34-18-16-33(17-19-34)26-12-8-24(30)9-13-26/h4-15,28H,16-21H2,1-3H3,(H,31,35)/t28-/m1/s1. The van der Waals surface area contributed by atoms with Gasteiger partial charge in [0.15, 0.2) is 0 Å². The lowest BCUT2D eigenvalue weighted by Gasteiger charge is -2.40. The summed E-state index contributed by atoms with van der Waals surface area (Å²) in [5.41, 5.74) is 4.31. The van der Waals surface area contributed by atoms with Crippen LogP contribution in [0.2, 0.25) is 0 Å². The number of hydrogen-bond acceptors (Lipinski definition) is 5. The molecule has 0 unspecified atom stereocenters. The number of hydrogen-bond donors (Lipinski definition) is 1. The van der Waals surface area contributed by atoms with E-state index in [-0.39, 0.29) is 17.8 Å². The minimum absolute atomic E-state index is 0.0000247. The van der Waals surface area contributed by atoms with Crippen molar-refractivity contribution in [3.05, 3.63) is 89.7 Å². The molecule has 7 heteroatoms. The maximum absolute atomic E-state index is 13.3. The van der Waals surface area contributed by atoms with Gasteiger partial charge in [0.1, 0.15) is 11.6 Å². The largest absolute Gasteiger partial charge is 0.497 e. The Bertz CT molecular complexity index is 1110. The van der Waals surface area contributed by atoms with Crippen molar-refractivity contribution < 1.29 is 13.9 Å². The SMILES string of the molecule is COc1ccc(CC(=O)NC[C@H](c2ccc(N(C)C)cc2)N2CCN(c3ccc(F)cc3)CC2)cc1. The molecule has 0 aliphatic carbocycles. The number of nitrogens with one attached hydrogen (secondary N) is 1. The fourth-order valence-electron chi connectivity index (χ4n) is 4.60. The molecule has 6 nitrogen and oxygen atoms in total. The number of methoxy groups -OCH3 is 1. The molecule has 0 saturated carbocycles. The Morgan fingerprint density at radius 3 is 2.17 bits per heavy atom. The number of rotatable bonds is 9. The van der Waals surface area contributed by atoms with Crippen molar-refractivity contribution in [3.8, 4) is 5.75 Å². The van der Waals surface area contributed by atoms with Crippen LogP contribution in [0.5, 0.6) is 5.75 Å². The van der Waals surface area contributed by atoms with Crippen LogP contribution in [-0.4, -0.2) is 64.7 Å². The summed E-state index contributed by atoms with van der Waals surface area (Å²) in [6, 6.07) is 22.9. The molecule has 0 bridgehead atoms. The Hall–Kier alpha value is -3.58. The molecule has 0 radical (unpaired) electrons. The van der Waals surface area contributed by atoms with Crippen molar-refractivity contribution in [1.82, 2.24) is 10.2 Å². The van der Waals surface area contributed by atoms with Gasteiger partial charge in [-0.25, -0.2) is 4.39 Å². The summed E-state index contributed by atoms with van der Waals surface area (Å²) in [5.74, 6) is 0.559. The van der Waals surface area contributed by atoms with E-state index in [2.05, 4.69) is 44.3 Å². The smallest absolute Gasteiger partial charge is 0.224 e. The first-order valence-electron chi connectivity index (χ1n) is 12.3. The molecule has 1 N–H and O–H groups in total. The first-order valence-corrected chi connectivity index (χ1v) is 12.3. The Morgan fingerprint density at radius 1 is 0.944 bits per heavy atom. The van der Waals surface area contributed by atoms with Gasteiger partial charge in [-0.15, -0.1) is 0 Å². The highest BCUT2D eigenvalue weighted by Gasteiger charge is 2.26. The Balaban J connectivity index is 1.42. The zero-order valence-corrected chi connectivity index (χ0v) is 21.3. The minimum atomic E-state index is -0.219. The van der Waals surface area contributed by atoms with Crippen LogP contribution in [0.25, 0.3) is 0 Å². The highest BCUT2D eigenvalue weighted by molar-refractivity contribution is 5.78. The molecule has 1 aliphatic rings. The number of ether oxygens (including phenoxy) is 1. The van der Waals surface area contributed by atoms with E-state index in [0.29, 0.717) is 13.0 Å². The van der Waals surface area contributed by atoms with Gasteiger partial charge in [0.2, 0.25) is 5.91 Å². The second-order valence-corrected chi connectivity index (χ2v) is 9.33. The third-order valence-electron chi connectivity index (χ3n) is 6.76.